The zero-order valence-electron chi connectivity index (χ0n) is 13.4. The van der Waals surface area contributed by atoms with Crippen LogP contribution in [0.25, 0.3) is 0 Å². The van der Waals surface area contributed by atoms with Crippen LogP contribution in [0.15, 0.2) is 42.5 Å². The van der Waals surface area contributed by atoms with Crippen molar-refractivity contribution in [2.75, 3.05) is 14.2 Å². The van der Waals surface area contributed by atoms with Gasteiger partial charge in [0.25, 0.3) is 5.91 Å². The van der Waals surface area contributed by atoms with E-state index in [2.05, 4.69) is 4.98 Å². The average molecular weight is 312 g/mol. The van der Waals surface area contributed by atoms with Crippen molar-refractivity contribution < 1.29 is 14.3 Å². The molecule has 0 fully saturated rings. The van der Waals surface area contributed by atoms with E-state index in [0.29, 0.717) is 18.8 Å². The first-order valence-electron chi connectivity index (χ1n) is 7.67. The van der Waals surface area contributed by atoms with Gasteiger partial charge in [0.2, 0.25) is 5.88 Å². The highest BCUT2D eigenvalue weighted by molar-refractivity contribution is 5.81. The van der Waals surface area contributed by atoms with Gasteiger partial charge in [-0.1, -0.05) is 24.3 Å². The molecule has 1 unspecified atom stereocenters. The largest absolute Gasteiger partial charge is 0.481 e. The second kappa shape index (κ2) is 6.69. The number of nitrogens with zero attached hydrogens (tertiary/aromatic N) is 2. The number of ether oxygens (including phenoxy) is 2. The van der Waals surface area contributed by atoms with E-state index in [-0.39, 0.29) is 5.91 Å². The number of para-hydroxylation sites is 1. The number of fused-ring (bicyclic) bond motifs is 1. The molecule has 23 heavy (non-hydrogen) atoms. The van der Waals surface area contributed by atoms with E-state index in [0.717, 1.165) is 23.4 Å². The van der Waals surface area contributed by atoms with Crippen LogP contribution in [0, 0.1) is 0 Å². The second-order valence-electron chi connectivity index (χ2n) is 5.62. The van der Waals surface area contributed by atoms with Crippen LogP contribution in [-0.2, 0) is 17.8 Å². The highest BCUT2D eigenvalue weighted by Gasteiger charge is 2.28. The number of aromatic nitrogens is 1. The molecule has 1 aliphatic rings. The van der Waals surface area contributed by atoms with Crippen LogP contribution in [0.5, 0.6) is 11.6 Å². The lowest BCUT2D eigenvalue weighted by molar-refractivity contribution is -0.138. The fourth-order valence-electron chi connectivity index (χ4n) is 2.72. The molecule has 1 amide bonds. The van der Waals surface area contributed by atoms with Gasteiger partial charge >= 0.3 is 0 Å². The minimum Gasteiger partial charge on any atom is -0.481 e. The van der Waals surface area contributed by atoms with E-state index in [4.69, 9.17) is 9.47 Å². The van der Waals surface area contributed by atoms with Crippen LogP contribution in [-0.4, -0.2) is 36.1 Å². The molecule has 0 N–H and O–H groups in total. The average Bonchev–Trinajstić information content (AvgIpc) is 2.60. The van der Waals surface area contributed by atoms with Crippen LogP contribution in [0.3, 0.4) is 0 Å². The minimum atomic E-state index is -0.430. The molecule has 1 atom stereocenters. The number of hydrogen-bond acceptors (Lipinski definition) is 4. The van der Waals surface area contributed by atoms with Crippen molar-refractivity contribution >= 4 is 5.91 Å². The summed E-state index contributed by atoms with van der Waals surface area (Å²) >= 11 is 0. The van der Waals surface area contributed by atoms with Gasteiger partial charge in [0.15, 0.2) is 6.10 Å². The molecule has 0 bridgehead atoms. The molecule has 0 saturated carbocycles. The Hall–Kier alpha value is -2.56. The third kappa shape index (κ3) is 3.44. The molecular weight excluding hydrogens is 292 g/mol. The number of carbonyl (C=O) groups excluding carboxylic acids is 1. The molecule has 0 spiro atoms. The number of rotatable bonds is 4. The molecule has 0 radical (unpaired) electrons. The van der Waals surface area contributed by atoms with Gasteiger partial charge in [-0.25, -0.2) is 4.98 Å². The molecule has 5 heteroatoms. The molecule has 2 heterocycles. The summed E-state index contributed by atoms with van der Waals surface area (Å²) in [6.07, 6.45) is 1.13. The Bertz CT molecular complexity index is 702. The number of methoxy groups -OCH3 is 1. The van der Waals surface area contributed by atoms with Gasteiger partial charge in [-0.2, -0.15) is 0 Å². The molecule has 1 aliphatic heterocycles. The Kier molecular flexibility index (Phi) is 4.46. The normalized spacial score (nSPS) is 16.2. The summed E-state index contributed by atoms with van der Waals surface area (Å²) in [5.74, 6) is 1.33. The summed E-state index contributed by atoms with van der Waals surface area (Å²) < 4.78 is 11.0. The van der Waals surface area contributed by atoms with Crippen LogP contribution in [0.2, 0.25) is 0 Å². The van der Waals surface area contributed by atoms with Crippen molar-refractivity contribution in [3.05, 3.63) is 53.7 Å². The zero-order chi connectivity index (χ0) is 16.2. The molecule has 0 aliphatic carbocycles. The molecule has 2 aromatic rings. The third-order valence-corrected chi connectivity index (χ3v) is 3.96. The van der Waals surface area contributed by atoms with E-state index < -0.39 is 6.10 Å². The molecule has 120 valence electrons. The summed E-state index contributed by atoms with van der Waals surface area (Å²) in [6, 6.07) is 13.4. The van der Waals surface area contributed by atoms with Crippen LogP contribution >= 0.6 is 0 Å². The van der Waals surface area contributed by atoms with Crippen molar-refractivity contribution in [3.8, 4) is 11.6 Å². The number of aryl methyl sites for hydroxylation is 1. The predicted octanol–water partition coefficient (Wildman–Crippen LogP) is 2.44. The van der Waals surface area contributed by atoms with E-state index in [1.165, 1.54) is 0 Å². The Morgan fingerprint density at radius 1 is 1.30 bits per heavy atom. The van der Waals surface area contributed by atoms with Crippen LogP contribution < -0.4 is 9.47 Å². The van der Waals surface area contributed by atoms with Crippen molar-refractivity contribution in [2.24, 2.45) is 0 Å². The lowest BCUT2D eigenvalue weighted by atomic mass is 10.0. The van der Waals surface area contributed by atoms with Crippen LogP contribution in [0.1, 0.15) is 17.7 Å². The number of benzene rings is 1. The van der Waals surface area contributed by atoms with Gasteiger partial charge < -0.3 is 14.4 Å². The maximum absolute atomic E-state index is 12.6. The first-order valence-corrected chi connectivity index (χ1v) is 7.67. The molecule has 0 saturated heterocycles. The van der Waals surface area contributed by atoms with E-state index in [9.17, 15) is 4.79 Å². The van der Waals surface area contributed by atoms with Crippen molar-refractivity contribution in [3.63, 3.8) is 0 Å². The Morgan fingerprint density at radius 3 is 2.96 bits per heavy atom. The SMILES string of the molecule is COc1cccc(CN(C)C(=O)C2CCc3ccccc3O2)n1. The molecular formula is C18H20N2O3. The van der Waals surface area contributed by atoms with E-state index >= 15 is 0 Å². The number of hydrogen-bond donors (Lipinski definition) is 0. The smallest absolute Gasteiger partial charge is 0.263 e. The minimum absolute atomic E-state index is 0.0240. The van der Waals surface area contributed by atoms with Gasteiger partial charge in [0, 0.05) is 13.1 Å². The summed E-state index contributed by atoms with van der Waals surface area (Å²) in [7, 11) is 3.35. The van der Waals surface area contributed by atoms with Gasteiger partial charge in [-0.15, -0.1) is 0 Å². The highest BCUT2D eigenvalue weighted by atomic mass is 16.5. The Balaban J connectivity index is 1.66. The first-order chi connectivity index (χ1) is 11.2. The van der Waals surface area contributed by atoms with E-state index in [1.807, 2.05) is 36.4 Å². The maximum Gasteiger partial charge on any atom is 0.263 e. The second-order valence-corrected chi connectivity index (χ2v) is 5.62. The number of pyridine rings is 1. The standard InChI is InChI=1S/C18H20N2O3/c1-20(12-14-7-5-9-17(19-14)22-2)18(21)16-11-10-13-6-3-4-8-15(13)23-16/h3-9,16H,10-12H2,1-2H3. The monoisotopic (exact) mass is 312 g/mol. The summed E-state index contributed by atoms with van der Waals surface area (Å²) in [4.78, 5) is 18.6. The molecule has 3 rings (SSSR count). The number of carbonyl (C=O) groups is 1. The number of likely N-dealkylation sites (N-methyl/N-ethyl adjacent to an activating group) is 1. The predicted molar refractivity (Wildman–Crippen MR) is 86.4 cm³/mol. The zero-order valence-corrected chi connectivity index (χ0v) is 13.4. The maximum atomic E-state index is 12.6. The Labute approximate surface area is 135 Å². The highest BCUT2D eigenvalue weighted by Crippen LogP contribution is 2.27. The topological polar surface area (TPSA) is 51.7 Å². The summed E-state index contributed by atoms with van der Waals surface area (Å²) in [6.45, 7) is 0.428. The number of amides is 1. The van der Waals surface area contributed by atoms with Gasteiger partial charge in [-0.3, -0.25) is 4.79 Å². The Morgan fingerprint density at radius 2 is 2.13 bits per heavy atom. The molecule has 5 nitrogen and oxygen atoms in total. The molecule has 1 aromatic heterocycles. The van der Waals surface area contributed by atoms with E-state index in [1.54, 1.807) is 25.1 Å². The van der Waals surface area contributed by atoms with Gasteiger partial charge in [-0.05, 0) is 30.5 Å². The van der Waals surface area contributed by atoms with Crippen molar-refractivity contribution in [1.29, 1.82) is 0 Å². The quantitative estimate of drug-likeness (QED) is 0.870. The van der Waals surface area contributed by atoms with Crippen molar-refractivity contribution in [2.45, 2.75) is 25.5 Å². The molecule has 1 aromatic carbocycles. The van der Waals surface area contributed by atoms with Gasteiger partial charge in [0.05, 0.1) is 19.3 Å². The first kappa shape index (κ1) is 15.3. The third-order valence-electron chi connectivity index (χ3n) is 3.96. The lowest BCUT2D eigenvalue weighted by Crippen LogP contribution is -2.41. The van der Waals surface area contributed by atoms with Crippen LogP contribution in [0.4, 0.5) is 0 Å². The van der Waals surface area contributed by atoms with Gasteiger partial charge in [0.1, 0.15) is 5.75 Å². The lowest BCUT2D eigenvalue weighted by Gasteiger charge is -2.28. The summed E-state index contributed by atoms with van der Waals surface area (Å²) in [5.41, 5.74) is 1.95. The fourth-order valence-corrected chi connectivity index (χ4v) is 2.72. The fraction of sp³-hybridized carbons (Fsp3) is 0.333. The van der Waals surface area contributed by atoms with Crippen molar-refractivity contribution in [1.82, 2.24) is 9.88 Å². The summed E-state index contributed by atoms with van der Waals surface area (Å²) in [5, 5.41) is 0.